The zero-order valence-electron chi connectivity index (χ0n) is 29.2. The minimum absolute atomic E-state index is 0.108. The van der Waals surface area contributed by atoms with E-state index in [2.05, 4.69) is 9.46 Å². The summed E-state index contributed by atoms with van der Waals surface area (Å²) in [6.45, 7) is 12.0. The number of ether oxygens (including phenoxy) is 3. The van der Waals surface area contributed by atoms with Crippen LogP contribution in [0.25, 0.3) is 0 Å². The van der Waals surface area contributed by atoms with E-state index in [1.54, 1.807) is 41.5 Å². The molecule has 0 unspecified atom stereocenters. The molecule has 0 aromatic carbocycles. The number of ketones is 1. The Morgan fingerprint density at radius 1 is 1.00 bits per heavy atom. The molecule has 0 aromatic rings. The van der Waals surface area contributed by atoms with Crippen LogP contribution in [0.15, 0.2) is 12.2 Å². The van der Waals surface area contributed by atoms with Crippen molar-refractivity contribution in [3.05, 3.63) is 12.2 Å². The van der Waals surface area contributed by atoms with Gasteiger partial charge in [-0.25, -0.2) is 14.3 Å². The molecule has 3 rings (SSSR count). The van der Waals surface area contributed by atoms with Crippen LogP contribution in [0.4, 0.5) is 9.59 Å². The highest BCUT2D eigenvalue weighted by atomic mass is 32.2. The van der Waals surface area contributed by atoms with Crippen LogP contribution in [-0.2, 0) is 38.8 Å². The maximum atomic E-state index is 13.3. The summed E-state index contributed by atoms with van der Waals surface area (Å²) in [4.78, 5) is 62.9. The lowest BCUT2D eigenvalue weighted by Gasteiger charge is -2.28. The van der Waals surface area contributed by atoms with Gasteiger partial charge in [-0.1, -0.05) is 31.9 Å². The minimum atomic E-state index is -3.99. The van der Waals surface area contributed by atoms with Crippen molar-refractivity contribution < 1.29 is 51.7 Å². The number of allylic oxidation sites excluding steroid dienone is 2. The zero-order valence-corrected chi connectivity index (χ0v) is 30.0. The molecule has 2 amide bonds. The Balaban J connectivity index is 0.000000433. The molecule has 0 aromatic heterocycles. The van der Waals surface area contributed by atoms with E-state index in [-0.39, 0.29) is 42.9 Å². The van der Waals surface area contributed by atoms with Crippen molar-refractivity contribution >= 4 is 40.1 Å². The number of hydrogen-bond donors (Lipinski definition) is 2. The largest absolute Gasteiger partial charge is 0.519 e. The lowest BCUT2D eigenvalue weighted by atomic mass is 9.91. The van der Waals surface area contributed by atoms with Crippen molar-refractivity contribution in [2.24, 2.45) is 17.3 Å². The Hall–Kier alpha value is -3.04. The van der Waals surface area contributed by atoms with E-state index >= 15 is 0 Å². The molecule has 2 heterocycles. The fourth-order valence-electron chi connectivity index (χ4n) is 5.40. The highest BCUT2D eigenvalue weighted by Crippen LogP contribution is 2.57. The zero-order chi connectivity index (χ0) is 36.0. The van der Waals surface area contributed by atoms with E-state index in [9.17, 15) is 37.5 Å². The quantitative estimate of drug-likeness (QED) is 0.249. The van der Waals surface area contributed by atoms with Crippen LogP contribution in [0.2, 0.25) is 0 Å². The van der Waals surface area contributed by atoms with E-state index in [4.69, 9.17) is 9.47 Å². The molecule has 0 bridgehead atoms. The first kappa shape index (κ1) is 40.1. The van der Waals surface area contributed by atoms with Gasteiger partial charge in [-0.15, -0.1) is 0 Å². The fraction of sp³-hybridized carbons (Fsp3) is 0.781. The summed E-state index contributed by atoms with van der Waals surface area (Å²) >= 11 is 0. The van der Waals surface area contributed by atoms with Crippen LogP contribution in [-0.4, -0.2) is 96.6 Å². The average Bonchev–Trinajstić information content (AvgIpc) is 3.45. The number of Topliss-reactive ketones (excluding diaryl/α,β-unsaturated/α-hetero) is 1. The summed E-state index contributed by atoms with van der Waals surface area (Å²) in [5.74, 6) is -1.61. The number of hydrogen-bond acceptors (Lipinski definition) is 11. The third kappa shape index (κ3) is 12.5. The summed E-state index contributed by atoms with van der Waals surface area (Å²) in [6.07, 6.45) is 5.80. The van der Waals surface area contributed by atoms with Crippen molar-refractivity contribution in [1.29, 1.82) is 0 Å². The van der Waals surface area contributed by atoms with Gasteiger partial charge in [0.05, 0.1) is 17.6 Å². The van der Waals surface area contributed by atoms with E-state index in [1.807, 2.05) is 19.1 Å². The first-order chi connectivity index (χ1) is 21.5. The van der Waals surface area contributed by atoms with Crippen molar-refractivity contribution in [2.45, 2.75) is 123 Å². The topological polar surface area (TPSA) is 186 Å². The first-order valence-electron chi connectivity index (χ1n) is 16.0. The first-order valence-corrected chi connectivity index (χ1v) is 17.5. The molecule has 268 valence electrons. The van der Waals surface area contributed by atoms with Crippen LogP contribution in [0, 0.1) is 17.3 Å². The molecule has 5 atom stereocenters. The van der Waals surface area contributed by atoms with Crippen LogP contribution < -0.4 is 4.72 Å². The van der Waals surface area contributed by atoms with Crippen molar-refractivity contribution in [3.63, 3.8) is 0 Å². The summed E-state index contributed by atoms with van der Waals surface area (Å²) in [7, 11) is -1.34. The van der Waals surface area contributed by atoms with Crippen LogP contribution in [0.3, 0.4) is 0 Å². The number of amides is 2. The van der Waals surface area contributed by atoms with E-state index in [0.717, 1.165) is 36.4 Å². The van der Waals surface area contributed by atoms with E-state index in [1.165, 1.54) is 19.0 Å². The molecule has 47 heavy (non-hydrogen) atoms. The lowest BCUT2D eigenvalue weighted by Crippen LogP contribution is -2.47. The highest BCUT2D eigenvalue weighted by molar-refractivity contribution is 7.87. The highest BCUT2D eigenvalue weighted by Gasteiger charge is 2.61. The number of aliphatic hydroxyl groups excluding tert-OH is 1. The van der Waals surface area contributed by atoms with Gasteiger partial charge in [0.25, 0.3) is 0 Å². The number of carbonyl (C=O) groups is 5. The maximum Gasteiger partial charge on any atom is 0.519 e. The Kier molecular flexibility index (Phi) is 13.6. The summed E-state index contributed by atoms with van der Waals surface area (Å²) < 4.78 is 41.3. The molecule has 1 saturated heterocycles. The average molecular weight is 688 g/mol. The minimum Gasteiger partial charge on any atom is -0.428 e. The predicted octanol–water partition coefficient (Wildman–Crippen LogP) is 3.87. The Morgan fingerprint density at radius 2 is 1.57 bits per heavy atom. The molecule has 15 heteroatoms. The maximum absolute atomic E-state index is 13.3. The Labute approximate surface area is 278 Å². The van der Waals surface area contributed by atoms with Crippen molar-refractivity contribution in [3.8, 4) is 0 Å². The second kappa shape index (κ2) is 15.9. The monoisotopic (exact) mass is 687 g/mol. The second-order valence-electron chi connectivity index (χ2n) is 14.7. The molecule has 2 aliphatic heterocycles. The van der Waals surface area contributed by atoms with Gasteiger partial charge in [0.15, 0.2) is 5.78 Å². The fourth-order valence-corrected chi connectivity index (χ4v) is 6.02. The second-order valence-corrected chi connectivity index (χ2v) is 16.6. The molecule has 3 aliphatic rings. The number of rotatable bonds is 3. The molecule has 2 fully saturated rings. The predicted molar refractivity (Wildman–Crippen MR) is 172 cm³/mol. The number of carbonyl (C=O) groups excluding carboxylic acids is 5. The normalized spacial score (nSPS) is 27.9. The summed E-state index contributed by atoms with van der Waals surface area (Å²) in [6, 6.07) is -0.787. The molecule has 0 spiro atoms. The SMILES string of the molecule is CC(C)(C)OC(=O)OC(=O)OC(C)(C)C.C[C@H]1CCCCC/C=C\[C@@H]2C[C@@]2(C(=O)NS(=O)(=O)N(C)C)CC(=O)[C@@H]2C[C@@H](O)CN2C1=O. The summed E-state index contributed by atoms with van der Waals surface area (Å²) in [5, 5.41) is 10.2. The Bertz CT molecular complexity index is 1270. The smallest absolute Gasteiger partial charge is 0.428 e. The summed E-state index contributed by atoms with van der Waals surface area (Å²) in [5.41, 5.74) is -2.54. The van der Waals surface area contributed by atoms with Crippen LogP contribution >= 0.6 is 0 Å². The number of fused-ring (bicyclic) bond motifs is 2. The van der Waals surface area contributed by atoms with Gasteiger partial charge in [-0.3, -0.25) is 14.4 Å². The van der Waals surface area contributed by atoms with Gasteiger partial charge in [-0.2, -0.15) is 12.7 Å². The van der Waals surface area contributed by atoms with E-state index in [0.29, 0.717) is 6.42 Å². The van der Waals surface area contributed by atoms with Gasteiger partial charge in [0.1, 0.15) is 11.2 Å². The molecule has 1 aliphatic carbocycles. The standard InChI is InChI=1S/C22H35N3O6S.C10H18O5/c1-15-9-7-5-4-6-8-10-16-12-22(16,21(29)23-32(30,31)24(2)3)13-19(27)18-11-17(26)14-25(18)20(15)28;1-9(2,3)14-7(11)13-8(12)15-10(4,5)6/h8,10,15-18,26H,4-7,9,11-14H2,1-3H3,(H,23,29);1-6H3/b10-8-;/t15-,16+,17+,18-,22+;/m0./s1. The molecule has 1 saturated carbocycles. The van der Waals surface area contributed by atoms with Gasteiger partial charge >= 0.3 is 22.5 Å². The third-order valence-electron chi connectivity index (χ3n) is 7.96. The van der Waals surface area contributed by atoms with E-state index < -0.39 is 57.2 Å². The van der Waals surface area contributed by atoms with Crippen molar-refractivity contribution in [1.82, 2.24) is 13.9 Å². The Morgan fingerprint density at radius 3 is 2.11 bits per heavy atom. The number of aliphatic hydroxyl groups is 1. The van der Waals surface area contributed by atoms with Gasteiger partial charge in [0, 0.05) is 39.4 Å². The molecule has 0 radical (unpaired) electrons. The molecule has 14 nitrogen and oxygen atoms in total. The van der Waals surface area contributed by atoms with Crippen LogP contribution in [0.1, 0.15) is 99.8 Å². The third-order valence-corrected chi connectivity index (χ3v) is 9.36. The number of nitrogens with one attached hydrogen (secondary N) is 1. The lowest BCUT2D eigenvalue weighted by molar-refractivity contribution is -0.141. The van der Waals surface area contributed by atoms with Crippen molar-refractivity contribution in [2.75, 3.05) is 20.6 Å². The molecular formula is C32H53N3O11S. The van der Waals surface area contributed by atoms with Crippen LogP contribution in [0.5, 0.6) is 0 Å². The van der Waals surface area contributed by atoms with Gasteiger partial charge < -0.3 is 24.2 Å². The van der Waals surface area contributed by atoms with Gasteiger partial charge in [-0.05, 0) is 73.1 Å². The van der Waals surface area contributed by atoms with Gasteiger partial charge in [0.2, 0.25) is 11.8 Å². The number of nitrogens with zero attached hydrogens (tertiary/aromatic N) is 2. The molecule has 2 N–H and O–H groups in total. The molecular weight excluding hydrogens is 634 g/mol.